The number of hydrogen-bond donors (Lipinski definition) is 0. The maximum atomic E-state index is 0. The molecular formula is W131. The summed E-state index contributed by atoms with van der Waals surface area (Å²) >= 11 is 0. The molecule has 0 aliphatic heterocycles. The van der Waals surface area contributed by atoms with Gasteiger partial charge in [-0.3, -0.25) is 0 Å². The van der Waals surface area contributed by atoms with Crippen LogP contribution in [-0.2, 0) is 2760 Å². The average Bonchev–Trinajstić information content (AvgIpc) is 0. The van der Waals surface area contributed by atoms with E-state index >= 15 is 0 Å². The third kappa shape index (κ3) is 1290. The normalized spacial score (nSPS) is 0. The van der Waals surface area contributed by atoms with Gasteiger partial charge in [0.1, 0.15) is 0 Å². The molecule has 131 heavy (non-hydrogen) atoms. The summed E-state index contributed by atoms with van der Waals surface area (Å²) in [7, 11) is 0. The third-order valence-corrected chi connectivity index (χ3v) is 0. The van der Waals surface area contributed by atoms with Crippen molar-refractivity contribution in [2.24, 2.45) is 0 Å². The molecule has 0 radical (unpaired) electrons. The van der Waals surface area contributed by atoms with Crippen molar-refractivity contribution in [1.29, 1.82) is 0 Å². The Morgan fingerprint density at radius 3 is 0.00763 bits per heavy atom. The fraction of sp³-hybridized carbons (Fsp3) is 0. The molecule has 0 saturated heterocycles. The first kappa shape index (κ1) is 1320. The molecule has 0 aromatic heterocycles. The van der Waals surface area contributed by atoms with Crippen molar-refractivity contribution >= 4 is 0 Å². The van der Waals surface area contributed by atoms with E-state index in [0.29, 0.717) is 0 Å². The summed E-state index contributed by atoms with van der Waals surface area (Å²) in [5.41, 5.74) is 0. The van der Waals surface area contributed by atoms with Gasteiger partial charge < -0.3 is 0 Å². The van der Waals surface area contributed by atoms with Crippen LogP contribution in [-0.4, -0.2) is 0 Å². The Bertz CT molecular complexity index is 0. The zero-order valence-corrected chi connectivity index (χ0v) is 438. The smallest absolute Gasteiger partial charge is 0 e. The molecule has 0 nitrogen and oxygen atoms in total. The minimum absolute atomic E-state index is 0. The van der Waals surface area contributed by atoms with Gasteiger partial charge in [-0.05, 0) is 0 Å². The van der Waals surface area contributed by atoms with Gasteiger partial charge >= 0.3 is 0 Å². The molecule has 0 aliphatic rings. The minimum atomic E-state index is 0. The summed E-state index contributed by atoms with van der Waals surface area (Å²) in [5, 5.41) is 0. The summed E-state index contributed by atoms with van der Waals surface area (Å²) in [6, 6.07) is 0. The van der Waals surface area contributed by atoms with Gasteiger partial charge in [-0.25, -0.2) is 0 Å². The van der Waals surface area contributed by atoms with Crippen LogP contribution in [0.15, 0.2) is 0 Å². The Kier molecular flexibility index (Phi) is 13100. The van der Waals surface area contributed by atoms with Crippen LogP contribution in [0.3, 0.4) is 0 Å². The monoisotopic (exact) mass is 24100 g/mol. The predicted octanol–water partition coefficient (Wildman–Crippen LogP) is -0.328. The SMILES string of the molecule is [W].[W].[W].[W].[W].[W].[W].[W].[W].[W].[W].[W].[W].[W].[W].[W].[W].[W].[W].[W].[W].[W].[W].[W].[W].[W].[W].[W].[W].[W].[W].[W].[W].[W].[W].[W].[W].[W].[W].[W].[W].[W].[W].[W].[W].[W].[W].[W].[W].[W].[W].[W].[W].[W].[W].[W].[W].[W].[W].[W].[W].[W].[W].[W].[W].[W].[W].[W].[W].[W].[W].[W].[W].[W].[W].[W].[W].[W].[W].[W].[W].[W].[W].[W].[W].[W].[W].[W].[W].[W].[W].[W].[W].[W].[W].[W].[W].[W].[W].[W].[W].[W].[W].[W].[W].[W].[W].[W].[W].[W].[W].[W].[W].[W].[W].[W].[W].[W].[W].[W].[W].[W].[W].[W].[W].[W].[W].[W].[W].[W].[W]. The summed E-state index contributed by atoms with van der Waals surface area (Å²) in [5.74, 6) is 0. The zero-order valence-electron chi connectivity index (χ0n) is 53.5. The van der Waals surface area contributed by atoms with Crippen molar-refractivity contribution in [3.63, 3.8) is 0 Å². The maximum Gasteiger partial charge on any atom is 0 e. The van der Waals surface area contributed by atoms with Gasteiger partial charge in [-0.1, -0.05) is 0 Å². The molecule has 0 aromatic carbocycles. The van der Waals surface area contributed by atoms with Crippen molar-refractivity contribution in [3.8, 4) is 0 Å². The molecule has 0 spiro atoms. The molecule has 0 N–H and O–H groups in total. The van der Waals surface area contributed by atoms with Crippen LogP contribution in [0.4, 0.5) is 0 Å². The molecule has 0 unspecified atom stereocenters. The van der Waals surface area contributed by atoms with Gasteiger partial charge in [0.15, 0.2) is 0 Å². The topological polar surface area (TPSA) is 0 Å². The van der Waals surface area contributed by atoms with Crippen molar-refractivity contribution < 1.29 is 2760 Å². The first-order valence-electron chi connectivity index (χ1n) is 0. The van der Waals surface area contributed by atoms with Gasteiger partial charge in [0.2, 0.25) is 0 Å². The fourth-order valence-corrected chi connectivity index (χ4v) is 0. The van der Waals surface area contributed by atoms with E-state index in [2.05, 4.69) is 0 Å². The maximum absolute atomic E-state index is 0. The van der Waals surface area contributed by atoms with Crippen LogP contribution >= 0.6 is 0 Å². The van der Waals surface area contributed by atoms with E-state index < -0.39 is 0 Å². The Labute approximate surface area is 2670 Å². The van der Waals surface area contributed by atoms with Crippen LogP contribution < -0.4 is 0 Å². The summed E-state index contributed by atoms with van der Waals surface area (Å²) < 4.78 is 0. The minimum Gasteiger partial charge on any atom is 0 e. The molecule has 0 amide bonds. The van der Waals surface area contributed by atoms with E-state index in [1.54, 1.807) is 0 Å². The molecule has 0 atom stereocenters. The zero-order chi connectivity index (χ0) is 0. The standard InChI is InChI=1S/131W. The van der Waals surface area contributed by atoms with Crippen molar-refractivity contribution in [2.45, 2.75) is 0 Å². The summed E-state index contributed by atoms with van der Waals surface area (Å²) in [6.07, 6.45) is 0. The van der Waals surface area contributed by atoms with Crippen molar-refractivity contribution in [1.82, 2.24) is 0 Å². The van der Waals surface area contributed by atoms with Crippen LogP contribution in [0.2, 0.25) is 0 Å². The molecule has 0 rings (SSSR count). The molecule has 786 valence electrons. The van der Waals surface area contributed by atoms with Crippen LogP contribution in [0.25, 0.3) is 0 Å². The Hall–Kier alpha value is 90.2. The Morgan fingerprint density at radius 2 is 0.00763 bits per heavy atom. The first-order chi connectivity index (χ1) is 0. The van der Waals surface area contributed by atoms with E-state index in [-0.39, 0.29) is 2760 Å². The molecular weight excluding hydrogens is 24100 g/mol. The molecule has 0 saturated carbocycles. The second-order valence-electron chi connectivity index (χ2n) is 0. The second-order valence-corrected chi connectivity index (χ2v) is 0. The summed E-state index contributed by atoms with van der Waals surface area (Å²) in [4.78, 5) is 0. The van der Waals surface area contributed by atoms with Gasteiger partial charge in [-0.2, -0.15) is 0 Å². The Morgan fingerprint density at radius 1 is 0.00763 bits per heavy atom. The van der Waals surface area contributed by atoms with Crippen LogP contribution in [0.5, 0.6) is 0 Å². The molecule has 0 fully saturated rings. The van der Waals surface area contributed by atoms with E-state index in [9.17, 15) is 0 Å². The van der Waals surface area contributed by atoms with Crippen LogP contribution in [0.1, 0.15) is 0 Å². The van der Waals surface area contributed by atoms with E-state index in [1.807, 2.05) is 0 Å². The number of hydrogen-bond acceptors (Lipinski definition) is 0. The molecule has 131 heteroatoms. The third-order valence-electron chi connectivity index (χ3n) is 0. The van der Waals surface area contributed by atoms with Gasteiger partial charge in [0.05, 0.1) is 0 Å². The molecule has 0 bridgehead atoms. The van der Waals surface area contributed by atoms with Crippen molar-refractivity contribution in [3.05, 3.63) is 0 Å². The molecule has 0 aliphatic carbocycles. The second kappa shape index (κ2) is 1300. The van der Waals surface area contributed by atoms with Gasteiger partial charge in [-0.15, -0.1) is 0 Å². The molecule has 0 heterocycles. The number of rotatable bonds is 0. The predicted molar refractivity (Wildman–Crippen MR) is 0 cm³/mol. The van der Waals surface area contributed by atoms with E-state index in [0.717, 1.165) is 0 Å². The van der Waals surface area contributed by atoms with E-state index in [1.165, 1.54) is 0 Å². The van der Waals surface area contributed by atoms with Crippen molar-refractivity contribution in [2.75, 3.05) is 0 Å². The summed E-state index contributed by atoms with van der Waals surface area (Å²) in [6.45, 7) is 0. The quantitative estimate of drug-likeness (QED) is 0.313. The average molecular weight is 24100 g/mol. The Balaban J connectivity index is 0. The fourth-order valence-electron chi connectivity index (χ4n) is 0. The van der Waals surface area contributed by atoms with Gasteiger partial charge in [0.25, 0.3) is 0 Å². The largest absolute Gasteiger partial charge is 0 e. The van der Waals surface area contributed by atoms with Crippen LogP contribution in [0, 0.1) is 0 Å². The van der Waals surface area contributed by atoms with Gasteiger partial charge in [0, 0.05) is 2760 Å². The first-order valence-corrected chi connectivity index (χ1v) is 0. The molecule has 0 aromatic rings. The van der Waals surface area contributed by atoms with E-state index in [4.69, 9.17) is 0 Å².